The van der Waals surface area contributed by atoms with Gasteiger partial charge in [0, 0.05) is 10.6 Å². The SMILES string of the molecule is Cc1cc(Cl)nc(-c2ccc(Cl)cc2)c1. The van der Waals surface area contributed by atoms with E-state index in [2.05, 4.69) is 4.98 Å². The van der Waals surface area contributed by atoms with Gasteiger partial charge >= 0.3 is 0 Å². The van der Waals surface area contributed by atoms with Gasteiger partial charge in [0.1, 0.15) is 5.15 Å². The number of rotatable bonds is 1. The number of halogens is 2. The van der Waals surface area contributed by atoms with Crippen LogP contribution in [0.15, 0.2) is 36.4 Å². The van der Waals surface area contributed by atoms with Crippen molar-refractivity contribution in [2.24, 2.45) is 0 Å². The second kappa shape index (κ2) is 4.21. The van der Waals surface area contributed by atoms with E-state index in [9.17, 15) is 0 Å². The number of benzene rings is 1. The summed E-state index contributed by atoms with van der Waals surface area (Å²) in [7, 11) is 0. The fourth-order valence-electron chi connectivity index (χ4n) is 1.39. The summed E-state index contributed by atoms with van der Waals surface area (Å²) < 4.78 is 0. The van der Waals surface area contributed by atoms with Crippen molar-refractivity contribution in [2.45, 2.75) is 6.92 Å². The smallest absolute Gasteiger partial charge is 0.130 e. The second-order valence-electron chi connectivity index (χ2n) is 3.36. The first-order valence-corrected chi connectivity index (χ1v) is 5.31. The van der Waals surface area contributed by atoms with E-state index in [1.54, 1.807) is 0 Å². The number of nitrogens with zero attached hydrogens (tertiary/aromatic N) is 1. The molecule has 0 atom stereocenters. The van der Waals surface area contributed by atoms with Crippen LogP contribution >= 0.6 is 23.2 Å². The van der Waals surface area contributed by atoms with Crippen LogP contribution in [-0.2, 0) is 0 Å². The van der Waals surface area contributed by atoms with Crippen LogP contribution in [0.5, 0.6) is 0 Å². The molecule has 0 spiro atoms. The van der Waals surface area contributed by atoms with Crippen molar-refractivity contribution in [1.29, 1.82) is 0 Å². The Morgan fingerprint density at radius 1 is 1.00 bits per heavy atom. The summed E-state index contributed by atoms with van der Waals surface area (Å²) in [5, 5.41) is 1.23. The molecule has 1 aromatic heterocycles. The minimum Gasteiger partial charge on any atom is -0.236 e. The van der Waals surface area contributed by atoms with Gasteiger partial charge in [-0.3, -0.25) is 0 Å². The summed E-state index contributed by atoms with van der Waals surface area (Å²) in [6, 6.07) is 11.4. The van der Waals surface area contributed by atoms with Gasteiger partial charge in [-0.1, -0.05) is 35.3 Å². The molecule has 0 aliphatic carbocycles. The molecule has 15 heavy (non-hydrogen) atoms. The third kappa shape index (κ3) is 2.49. The highest BCUT2D eigenvalue weighted by atomic mass is 35.5. The van der Waals surface area contributed by atoms with E-state index in [-0.39, 0.29) is 0 Å². The highest BCUT2D eigenvalue weighted by Gasteiger charge is 2.01. The van der Waals surface area contributed by atoms with Crippen molar-refractivity contribution in [2.75, 3.05) is 0 Å². The molecule has 1 nitrogen and oxygen atoms in total. The first-order chi connectivity index (χ1) is 7.15. The first kappa shape index (κ1) is 10.5. The molecular formula is C12H9Cl2N. The maximum atomic E-state index is 5.89. The lowest BCUT2D eigenvalue weighted by molar-refractivity contribution is 1.29. The summed E-state index contributed by atoms with van der Waals surface area (Å²) >= 11 is 11.7. The largest absolute Gasteiger partial charge is 0.236 e. The molecule has 0 saturated heterocycles. The van der Waals surface area contributed by atoms with Crippen molar-refractivity contribution in [1.82, 2.24) is 4.98 Å². The summed E-state index contributed by atoms with van der Waals surface area (Å²) in [4.78, 5) is 4.26. The lowest BCUT2D eigenvalue weighted by atomic mass is 10.1. The van der Waals surface area contributed by atoms with Crippen molar-refractivity contribution < 1.29 is 0 Å². The minimum absolute atomic E-state index is 0.514. The second-order valence-corrected chi connectivity index (χ2v) is 4.18. The summed E-state index contributed by atoms with van der Waals surface area (Å²) in [6.07, 6.45) is 0. The minimum atomic E-state index is 0.514. The first-order valence-electron chi connectivity index (χ1n) is 4.55. The zero-order valence-electron chi connectivity index (χ0n) is 8.17. The Kier molecular flexibility index (Phi) is 2.94. The van der Waals surface area contributed by atoms with E-state index in [1.165, 1.54) is 0 Å². The van der Waals surface area contributed by atoms with Crippen LogP contribution in [0.2, 0.25) is 10.2 Å². The van der Waals surface area contributed by atoms with Gasteiger partial charge in [0.2, 0.25) is 0 Å². The molecule has 0 aliphatic rings. The number of aromatic nitrogens is 1. The van der Waals surface area contributed by atoms with E-state index in [4.69, 9.17) is 23.2 Å². The molecule has 0 saturated carbocycles. The molecule has 76 valence electrons. The fraction of sp³-hybridized carbons (Fsp3) is 0.0833. The van der Waals surface area contributed by atoms with Crippen LogP contribution in [0.1, 0.15) is 5.56 Å². The monoisotopic (exact) mass is 237 g/mol. The maximum Gasteiger partial charge on any atom is 0.130 e. The molecular weight excluding hydrogens is 229 g/mol. The molecule has 0 unspecified atom stereocenters. The Balaban J connectivity index is 2.49. The van der Waals surface area contributed by atoms with E-state index in [0.717, 1.165) is 21.8 Å². The average Bonchev–Trinajstić information content (AvgIpc) is 2.17. The number of pyridine rings is 1. The van der Waals surface area contributed by atoms with Crippen LogP contribution in [0.4, 0.5) is 0 Å². The van der Waals surface area contributed by atoms with Gasteiger partial charge < -0.3 is 0 Å². The van der Waals surface area contributed by atoms with Crippen molar-refractivity contribution in [3.05, 3.63) is 52.1 Å². The predicted molar refractivity (Wildman–Crippen MR) is 64.4 cm³/mol. The Hall–Kier alpha value is -1.05. The fourth-order valence-corrected chi connectivity index (χ4v) is 1.78. The van der Waals surface area contributed by atoms with Crippen LogP contribution in [-0.4, -0.2) is 4.98 Å². The molecule has 2 rings (SSSR count). The Morgan fingerprint density at radius 3 is 2.27 bits per heavy atom. The Bertz CT molecular complexity index is 457. The summed E-state index contributed by atoms with van der Waals surface area (Å²) in [5.41, 5.74) is 2.99. The Labute approximate surface area is 98.7 Å². The lowest BCUT2D eigenvalue weighted by Crippen LogP contribution is -1.85. The molecule has 0 N–H and O–H groups in total. The van der Waals surface area contributed by atoms with Gasteiger partial charge in [-0.15, -0.1) is 0 Å². The van der Waals surface area contributed by atoms with Crippen LogP contribution < -0.4 is 0 Å². The quantitative estimate of drug-likeness (QED) is 0.672. The molecule has 2 aromatic rings. The molecule has 0 amide bonds. The van der Waals surface area contributed by atoms with Crippen LogP contribution in [0.3, 0.4) is 0 Å². The molecule has 0 radical (unpaired) electrons. The summed E-state index contributed by atoms with van der Waals surface area (Å²) in [5.74, 6) is 0. The normalized spacial score (nSPS) is 10.3. The van der Waals surface area contributed by atoms with Crippen molar-refractivity contribution in [3.63, 3.8) is 0 Å². The number of hydrogen-bond donors (Lipinski definition) is 0. The van der Waals surface area contributed by atoms with Gasteiger partial charge in [-0.2, -0.15) is 0 Å². The van der Waals surface area contributed by atoms with Gasteiger partial charge in [0.25, 0.3) is 0 Å². The molecule has 0 bridgehead atoms. The maximum absolute atomic E-state index is 5.89. The molecule has 1 heterocycles. The third-order valence-corrected chi connectivity index (χ3v) is 2.52. The van der Waals surface area contributed by atoms with Crippen LogP contribution in [0, 0.1) is 6.92 Å². The van der Waals surface area contributed by atoms with Crippen molar-refractivity contribution >= 4 is 23.2 Å². The van der Waals surface area contributed by atoms with Crippen molar-refractivity contribution in [3.8, 4) is 11.3 Å². The number of hydrogen-bond acceptors (Lipinski definition) is 1. The number of aryl methyl sites for hydroxylation is 1. The zero-order valence-corrected chi connectivity index (χ0v) is 9.68. The van der Waals surface area contributed by atoms with E-state index in [1.807, 2.05) is 43.3 Å². The van der Waals surface area contributed by atoms with E-state index in [0.29, 0.717) is 5.15 Å². The highest BCUT2D eigenvalue weighted by molar-refractivity contribution is 6.30. The van der Waals surface area contributed by atoms with Gasteiger partial charge in [0.05, 0.1) is 5.69 Å². The van der Waals surface area contributed by atoms with Gasteiger partial charge in [-0.25, -0.2) is 4.98 Å². The predicted octanol–water partition coefficient (Wildman–Crippen LogP) is 4.36. The average molecular weight is 238 g/mol. The topological polar surface area (TPSA) is 12.9 Å². The Morgan fingerprint density at radius 2 is 1.67 bits per heavy atom. The van der Waals surface area contributed by atoms with Gasteiger partial charge in [0.15, 0.2) is 0 Å². The van der Waals surface area contributed by atoms with Gasteiger partial charge in [-0.05, 0) is 36.8 Å². The van der Waals surface area contributed by atoms with E-state index < -0.39 is 0 Å². The molecule has 3 heteroatoms. The molecule has 0 fully saturated rings. The summed E-state index contributed by atoms with van der Waals surface area (Å²) in [6.45, 7) is 1.99. The molecule has 0 aliphatic heterocycles. The standard InChI is InChI=1S/C12H9Cl2N/c1-8-6-11(15-12(14)7-8)9-2-4-10(13)5-3-9/h2-7H,1H3. The third-order valence-electron chi connectivity index (χ3n) is 2.08. The lowest BCUT2D eigenvalue weighted by Gasteiger charge is -2.03. The van der Waals surface area contributed by atoms with Crippen LogP contribution in [0.25, 0.3) is 11.3 Å². The highest BCUT2D eigenvalue weighted by Crippen LogP contribution is 2.22. The van der Waals surface area contributed by atoms with E-state index >= 15 is 0 Å². The molecule has 1 aromatic carbocycles. The zero-order chi connectivity index (χ0) is 10.8.